The van der Waals surface area contributed by atoms with E-state index in [-0.39, 0.29) is 0 Å². The lowest BCUT2D eigenvalue weighted by molar-refractivity contribution is 0.496. The molecular formula is C12H16. The SMILES string of the molecule is C1=C2CC3CCCC3C2=CCC1. The summed E-state index contributed by atoms with van der Waals surface area (Å²) in [5, 5.41) is 0. The molecule has 0 aromatic rings. The topological polar surface area (TPSA) is 0 Å². The first-order valence-corrected chi connectivity index (χ1v) is 5.34. The van der Waals surface area contributed by atoms with Crippen molar-refractivity contribution in [1.29, 1.82) is 0 Å². The van der Waals surface area contributed by atoms with Gasteiger partial charge in [-0.1, -0.05) is 18.6 Å². The Balaban J connectivity index is 1.98. The van der Waals surface area contributed by atoms with E-state index in [4.69, 9.17) is 0 Å². The summed E-state index contributed by atoms with van der Waals surface area (Å²) in [6, 6.07) is 0. The van der Waals surface area contributed by atoms with Crippen molar-refractivity contribution in [2.24, 2.45) is 11.8 Å². The summed E-state index contributed by atoms with van der Waals surface area (Å²) in [6.45, 7) is 0. The van der Waals surface area contributed by atoms with Crippen LogP contribution >= 0.6 is 0 Å². The molecule has 0 aromatic heterocycles. The van der Waals surface area contributed by atoms with Gasteiger partial charge in [0, 0.05) is 0 Å². The van der Waals surface area contributed by atoms with Crippen LogP contribution in [0, 0.1) is 11.8 Å². The van der Waals surface area contributed by atoms with Gasteiger partial charge in [0.25, 0.3) is 0 Å². The lowest BCUT2D eigenvalue weighted by atomic mass is 9.93. The fourth-order valence-electron chi connectivity index (χ4n) is 3.31. The number of allylic oxidation sites excluding steroid dienone is 4. The molecular weight excluding hydrogens is 144 g/mol. The van der Waals surface area contributed by atoms with E-state index in [0.29, 0.717) is 0 Å². The van der Waals surface area contributed by atoms with Gasteiger partial charge in [-0.25, -0.2) is 0 Å². The summed E-state index contributed by atoms with van der Waals surface area (Å²) in [5.41, 5.74) is 3.47. The van der Waals surface area contributed by atoms with Gasteiger partial charge >= 0.3 is 0 Å². The van der Waals surface area contributed by atoms with Gasteiger partial charge in [0.05, 0.1) is 0 Å². The molecule has 2 saturated carbocycles. The summed E-state index contributed by atoms with van der Waals surface area (Å²) in [6.07, 6.45) is 13.5. The zero-order valence-electron chi connectivity index (χ0n) is 7.55. The van der Waals surface area contributed by atoms with Gasteiger partial charge in [0.2, 0.25) is 0 Å². The van der Waals surface area contributed by atoms with Gasteiger partial charge in [-0.15, -0.1) is 0 Å². The molecule has 0 nitrogen and oxygen atoms in total. The summed E-state index contributed by atoms with van der Waals surface area (Å²) >= 11 is 0. The minimum absolute atomic E-state index is 0.983. The number of rotatable bonds is 0. The summed E-state index contributed by atoms with van der Waals surface area (Å²) in [4.78, 5) is 0. The molecule has 64 valence electrons. The van der Waals surface area contributed by atoms with Crippen molar-refractivity contribution < 1.29 is 0 Å². The van der Waals surface area contributed by atoms with Crippen molar-refractivity contribution in [3.05, 3.63) is 23.3 Å². The molecule has 2 fully saturated rings. The molecule has 12 heavy (non-hydrogen) atoms. The Morgan fingerprint density at radius 2 is 2.00 bits per heavy atom. The maximum atomic E-state index is 2.52. The van der Waals surface area contributed by atoms with Crippen molar-refractivity contribution in [3.8, 4) is 0 Å². The van der Waals surface area contributed by atoms with E-state index >= 15 is 0 Å². The average molecular weight is 160 g/mol. The van der Waals surface area contributed by atoms with Gasteiger partial charge in [0.15, 0.2) is 0 Å². The largest absolute Gasteiger partial charge is 0.0807 e. The van der Waals surface area contributed by atoms with E-state index in [9.17, 15) is 0 Å². The minimum atomic E-state index is 0.983. The quantitative estimate of drug-likeness (QED) is 0.509. The van der Waals surface area contributed by atoms with E-state index in [1.807, 2.05) is 0 Å². The maximum Gasteiger partial charge on any atom is -0.0131 e. The van der Waals surface area contributed by atoms with Gasteiger partial charge in [-0.2, -0.15) is 0 Å². The molecule has 0 saturated heterocycles. The van der Waals surface area contributed by atoms with Crippen LogP contribution in [0.4, 0.5) is 0 Å². The van der Waals surface area contributed by atoms with E-state index < -0.39 is 0 Å². The lowest BCUT2D eigenvalue weighted by Gasteiger charge is -2.12. The highest BCUT2D eigenvalue weighted by atomic mass is 14.4. The molecule has 0 aliphatic heterocycles. The van der Waals surface area contributed by atoms with Crippen molar-refractivity contribution in [2.75, 3.05) is 0 Å². The lowest BCUT2D eigenvalue weighted by Crippen LogP contribution is -2.00. The molecule has 0 heteroatoms. The molecule has 0 amide bonds. The smallest absolute Gasteiger partial charge is 0.0131 e. The van der Waals surface area contributed by atoms with Crippen LogP contribution < -0.4 is 0 Å². The molecule has 3 aliphatic carbocycles. The second-order valence-electron chi connectivity index (χ2n) is 4.47. The molecule has 3 aliphatic rings. The zero-order valence-corrected chi connectivity index (χ0v) is 7.55. The van der Waals surface area contributed by atoms with Crippen LogP contribution in [0.5, 0.6) is 0 Å². The van der Waals surface area contributed by atoms with Crippen LogP contribution in [0.25, 0.3) is 0 Å². The first-order valence-electron chi connectivity index (χ1n) is 5.34. The molecule has 0 bridgehead atoms. The fourth-order valence-corrected chi connectivity index (χ4v) is 3.31. The van der Waals surface area contributed by atoms with Gasteiger partial charge in [0.1, 0.15) is 0 Å². The molecule has 2 atom stereocenters. The maximum absolute atomic E-state index is 2.52. The monoisotopic (exact) mass is 160 g/mol. The molecule has 3 rings (SSSR count). The Bertz CT molecular complexity index is 257. The van der Waals surface area contributed by atoms with Crippen LogP contribution in [-0.4, -0.2) is 0 Å². The molecule has 0 spiro atoms. The van der Waals surface area contributed by atoms with Crippen molar-refractivity contribution >= 4 is 0 Å². The fraction of sp³-hybridized carbons (Fsp3) is 0.667. The van der Waals surface area contributed by atoms with Crippen molar-refractivity contribution in [3.63, 3.8) is 0 Å². The van der Waals surface area contributed by atoms with E-state index in [1.54, 1.807) is 11.1 Å². The summed E-state index contributed by atoms with van der Waals surface area (Å²) < 4.78 is 0. The van der Waals surface area contributed by atoms with E-state index in [0.717, 1.165) is 11.8 Å². The zero-order chi connectivity index (χ0) is 7.97. The number of hydrogen-bond acceptors (Lipinski definition) is 0. The Kier molecular flexibility index (Phi) is 1.44. The van der Waals surface area contributed by atoms with Gasteiger partial charge < -0.3 is 0 Å². The highest BCUT2D eigenvalue weighted by Crippen LogP contribution is 2.51. The van der Waals surface area contributed by atoms with Crippen LogP contribution in [0.1, 0.15) is 38.5 Å². The van der Waals surface area contributed by atoms with E-state index in [2.05, 4.69) is 12.2 Å². The average Bonchev–Trinajstić information content (AvgIpc) is 2.62. The standard InChI is InChI=1S/C12H16/c1-2-6-11-9(4-1)8-10-5-3-7-12(10)11/h4,6,10,12H,1-3,5,7-8H2. The minimum Gasteiger partial charge on any atom is -0.0807 e. The number of fused-ring (bicyclic) bond motifs is 3. The van der Waals surface area contributed by atoms with Crippen LogP contribution in [-0.2, 0) is 0 Å². The molecule has 0 heterocycles. The molecule has 2 unspecified atom stereocenters. The van der Waals surface area contributed by atoms with Crippen molar-refractivity contribution in [1.82, 2.24) is 0 Å². The Morgan fingerprint density at radius 3 is 3.00 bits per heavy atom. The Labute approximate surface area is 74.4 Å². The second kappa shape index (κ2) is 2.48. The summed E-state index contributed by atoms with van der Waals surface area (Å²) in [5.74, 6) is 2.03. The van der Waals surface area contributed by atoms with Gasteiger partial charge in [-0.05, 0) is 55.1 Å². The van der Waals surface area contributed by atoms with Crippen LogP contribution in [0.3, 0.4) is 0 Å². The third kappa shape index (κ3) is 0.840. The highest BCUT2D eigenvalue weighted by molar-refractivity contribution is 5.41. The first kappa shape index (κ1) is 6.94. The van der Waals surface area contributed by atoms with Gasteiger partial charge in [-0.3, -0.25) is 0 Å². The second-order valence-corrected chi connectivity index (χ2v) is 4.47. The summed E-state index contributed by atoms with van der Waals surface area (Å²) in [7, 11) is 0. The Hall–Kier alpha value is -0.520. The predicted molar refractivity (Wildman–Crippen MR) is 50.8 cm³/mol. The third-order valence-electron chi connectivity index (χ3n) is 3.83. The first-order chi connectivity index (χ1) is 5.95. The predicted octanol–water partition coefficient (Wildman–Crippen LogP) is 3.45. The number of hydrogen-bond donors (Lipinski definition) is 0. The normalized spacial score (nSPS) is 38.7. The molecule has 0 N–H and O–H groups in total. The van der Waals surface area contributed by atoms with Crippen molar-refractivity contribution in [2.45, 2.75) is 38.5 Å². The van der Waals surface area contributed by atoms with Crippen LogP contribution in [0.2, 0.25) is 0 Å². The third-order valence-corrected chi connectivity index (χ3v) is 3.83. The highest BCUT2D eigenvalue weighted by Gasteiger charge is 2.38. The van der Waals surface area contributed by atoms with Crippen LogP contribution in [0.15, 0.2) is 23.3 Å². The molecule has 0 radical (unpaired) electrons. The molecule has 0 aromatic carbocycles. The Morgan fingerprint density at radius 1 is 1.08 bits per heavy atom. The van der Waals surface area contributed by atoms with E-state index in [1.165, 1.54) is 38.5 Å².